The van der Waals surface area contributed by atoms with Crippen LogP contribution in [0.5, 0.6) is 5.75 Å². The zero-order chi connectivity index (χ0) is 26.8. The number of hydrogen-bond acceptors (Lipinski definition) is 7. The van der Waals surface area contributed by atoms with Crippen LogP contribution in [0.25, 0.3) is 5.76 Å². The van der Waals surface area contributed by atoms with Gasteiger partial charge in [-0.1, -0.05) is 42.5 Å². The maximum atomic E-state index is 13.4. The first-order valence-electron chi connectivity index (χ1n) is 12.5. The highest BCUT2D eigenvalue weighted by atomic mass is 16.5. The van der Waals surface area contributed by atoms with Crippen molar-refractivity contribution in [3.05, 3.63) is 101 Å². The van der Waals surface area contributed by atoms with Crippen LogP contribution in [-0.2, 0) is 20.9 Å². The molecule has 0 aliphatic carbocycles. The minimum absolute atomic E-state index is 0.0312. The number of carbonyl (C=O) groups is 3. The van der Waals surface area contributed by atoms with Gasteiger partial charge in [0.15, 0.2) is 0 Å². The Bertz CT molecular complexity index is 1410. The normalized spacial score (nSPS) is 18.2. The van der Waals surface area contributed by atoms with Gasteiger partial charge in [-0.3, -0.25) is 9.59 Å². The van der Waals surface area contributed by atoms with Crippen molar-refractivity contribution < 1.29 is 29.0 Å². The Balaban J connectivity index is 1.54. The fraction of sp³-hybridized carbons (Fsp3) is 0.233. The molecule has 8 nitrogen and oxygen atoms in total. The molecule has 1 saturated heterocycles. The minimum atomic E-state index is -0.786. The van der Waals surface area contributed by atoms with E-state index in [2.05, 4.69) is 0 Å². The molecule has 2 heterocycles. The van der Waals surface area contributed by atoms with Gasteiger partial charge in [0.1, 0.15) is 18.1 Å². The molecule has 1 N–H and O–H groups in total. The van der Waals surface area contributed by atoms with Crippen molar-refractivity contribution in [1.29, 1.82) is 0 Å². The second-order valence-corrected chi connectivity index (χ2v) is 9.21. The predicted octanol–water partition coefficient (Wildman–Crippen LogP) is 4.31. The first-order chi connectivity index (χ1) is 18.4. The molecule has 0 radical (unpaired) electrons. The smallest absolute Gasteiger partial charge is 0.338 e. The highest BCUT2D eigenvalue weighted by Crippen LogP contribution is 2.41. The summed E-state index contributed by atoms with van der Waals surface area (Å²) < 4.78 is 10.7. The Morgan fingerprint density at radius 1 is 1.03 bits per heavy atom. The van der Waals surface area contributed by atoms with Crippen LogP contribution in [0, 0.1) is 0 Å². The molecule has 8 heteroatoms. The van der Waals surface area contributed by atoms with Crippen LogP contribution < -0.4 is 9.64 Å². The maximum Gasteiger partial charge on any atom is 0.338 e. The van der Waals surface area contributed by atoms with Gasteiger partial charge in [-0.15, -0.1) is 0 Å². The number of nitrogens with zero attached hydrogens (tertiary/aromatic N) is 2. The molecule has 3 aromatic rings. The van der Waals surface area contributed by atoms with Crippen LogP contribution in [-0.4, -0.2) is 54.5 Å². The number of fused-ring (bicyclic) bond motifs is 1. The van der Waals surface area contributed by atoms with E-state index in [9.17, 15) is 19.5 Å². The second kappa shape index (κ2) is 10.4. The Kier molecular flexibility index (Phi) is 6.87. The molecule has 194 valence electrons. The van der Waals surface area contributed by atoms with E-state index in [0.717, 1.165) is 11.3 Å². The summed E-state index contributed by atoms with van der Waals surface area (Å²) in [5.74, 6) is -1.42. The number of Topliss-reactive ketones (excluding diaryl/α,β-unsaturated/α-hetero) is 1. The molecule has 0 saturated carbocycles. The number of benzene rings is 3. The van der Waals surface area contributed by atoms with Crippen LogP contribution in [0.2, 0.25) is 0 Å². The van der Waals surface area contributed by atoms with Gasteiger partial charge in [0.25, 0.3) is 11.7 Å². The number of rotatable bonds is 6. The molecule has 0 spiro atoms. The molecule has 38 heavy (non-hydrogen) atoms. The molecule has 0 aromatic heterocycles. The van der Waals surface area contributed by atoms with Crippen LogP contribution in [0.1, 0.15) is 40.0 Å². The molecule has 2 aliphatic heterocycles. The zero-order valence-electron chi connectivity index (χ0n) is 21.2. The lowest BCUT2D eigenvalue weighted by Crippen LogP contribution is -2.29. The molecule has 1 fully saturated rings. The third-order valence-electron chi connectivity index (χ3n) is 6.80. The Morgan fingerprint density at radius 3 is 2.45 bits per heavy atom. The van der Waals surface area contributed by atoms with Crippen molar-refractivity contribution >= 4 is 29.1 Å². The van der Waals surface area contributed by atoms with E-state index in [1.165, 1.54) is 4.90 Å². The number of aliphatic hydroxyl groups is 1. The SMILES string of the molecule is CCOC(=O)c1ccc(CN2C(=O)C(=O)/C(=C(\O)c3ccc4c(c3)N(C)CCO4)C2c2ccccc2)cc1. The van der Waals surface area contributed by atoms with Crippen LogP contribution in [0.3, 0.4) is 0 Å². The van der Waals surface area contributed by atoms with Crippen LogP contribution >= 0.6 is 0 Å². The quantitative estimate of drug-likeness (QED) is 0.228. The average molecular weight is 513 g/mol. The van der Waals surface area contributed by atoms with Gasteiger partial charge in [-0.2, -0.15) is 0 Å². The molecule has 1 unspecified atom stereocenters. The predicted molar refractivity (Wildman–Crippen MR) is 142 cm³/mol. The van der Waals surface area contributed by atoms with E-state index < -0.39 is 23.7 Å². The average Bonchev–Trinajstić information content (AvgIpc) is 3.18. The fourth-order valence-electron chi connectivity index (χ4n) is 4.84. The van der Waals surface area contributed by atoms with E-state index in [1.807, 2.05) is 42.3 Å². The number of esters is 1. The number of ketones is 1. The standard InChI is InChI=1S/C30H28N2O6/c1-3-37-30(36)21-11-9-19(10-12-21)18-32-26(20-7-5-4-6-8-20)25(28(34)29(32)35)27(33)22-13-14-24-23(17-22)31(2)15-16-38-24/h4-14,17,26,33H,3,15-16,18H2,1-2H3/b27-25-. The Morgan fingerprint density at radius 2 is 1.74 bits per heavy atom. The van der Waals surface area contributed by atoms with Gasteiger partial charge in [-0.25, -0.2) is 4.79 Å². The maximum absolute atomic E-state index is 13.4. The largest absolute Gasteiger partial charge is 0.507 e. The van der Waals surface area contributed by atoms with E-state index in [0.29, 0.717) is 35.6 Å². The molecule has 5 rings (SSSR count). The lowest BCUT2D eigenvalue weighted by atomic mass is 9.95. The highest BCUT2D eigenvalue weighted by molar-refractivity contribution is 6.46. The van der Waals surface area contributed by atoms with Gasteiger partial charge in [0.05, 0.1) is 36.0 Å². The number of hydrogen-bond donors (Lipinski definition) is 1. The lowest BCUT2D eigenvalue weighted by Gasteiger charge is -2.28. The summed E-state index contributed by atoms with van der Waals surface area (Å²) in [7, 11) is 1.93. The van der Waals surface area contributed by atoms with E-state index >= 15 is 0 Å². The van der Waals surface area contributed by atoms with Crippen molar-refractivity contribution in [1.82, 2.24) is 4.90 Å². The monoisotopic (exact) mass is 512 g/mol. The second-order valence-electron chi connectivity index (χ2n) is 9.21. The van der Waals surface area contributed by atoms with Crippen LogP contribution in [0.4, 0.5) is 5.69 Å². The topological polar surface area (TPSA) is 96.4 Å². The van der Waals surface area contributed by atoms with E-state index in [1.54, 1.807) is 49.4 Å². The minimum Gasteiger partial charge on any atom is -0.507 e. The lowest BCUT2D eigenvalue weighted by molar-refractivity contribution is -0.140. The summed E-state index contributed by atoms with van der Waals surface area (Å²) in [6.45, 7) is 3.39. The molecule has 1 atom stereocenters. The van der Waals surface area contributed by atoms with Crippen molar-refractivity contribution in [2.75, 3.05) is 31.7 Å². The summed E-state index contributed by atoms with van der Waals surface area (Å²) in [6.07, 6.45) is 0. The summed E-state index contributed by atoms with van der Waals surface area (Å²) in [6, 6.07) is 20.3. The summed E-state index contributed by atoms with van der Waals surface area (Å²) >= 11 is 0. The van der Waals surface area contributed by atoms with Crippen molar-refractivity contribution in [2.45, 2.75) is 19.5 Å². The van der Waals surface area contributed by atoms with Gasteiger partial charge < -0.3 is 24.4 Å². The number of anilines is 1. The first-order valence-corrected chi connectivity index (χ1v) is 12.5. The molecular formula is C30H28N2O6. The van der Waals surface area contributed by atoms with Crippen molar-refractivity contribution in [3.63, 3.8) is 0 Å². The molecule has 1 amide bonds. The number of likely N-dealkylation sites (N-methyl/N-ethyl adjacent to an activating group) is 1. The van der Waals surface area contributed by atoms with Gasteiger partial charge >= 0.3 is 5.97 Å². The molecule has 3 aromatic carbocycles. The van der Waals surface area contributed by atoms with E-state index in [4.69, 9.17) is 9.47 Å². The van der Waals surface area contributed by atoms with Gasteiger partial charge in [0.2, 0.25) is 0 Å². The number of carbonyl (C=O) groups excluding carboxylic acids is 3. The first kappa shape index (κ1) is 25.1. The van der Waals surface area contributed by atoms with E-state index in [-0.39, 0.29) is 24.5 Å². The van der Waals surface area contributed by atoms with Crippen molar-refractivity contribution in [2.24, 2.45) is 0 Å². The third kappa shape index (κ3) is 4.61. The highest BCUT2D eigenvalue weighted by Gasteiger charge is 2.46. The molecule has 2 aliphatic rings. The number of ether oxygens (including phenoxy) is 2. The number of amides is 1. The summed E-state index contributed by atoms with van der Waals surface area (Å²) in [4.78, 5) is 42.2. The van der Waals surface area contributed by atoms with Gasteiger partial charge in [0, 0.05) is 19.2 Å². The number of aliphatic hydroxyl groups excluding tert-OH is 1. The Labute approximate surface area is 220 Å². The van der Waals surface area contributed by atoms with Crippen molar-refractivity contribution in [3.8, 4) is 5.75 Å². The van der Waals surface area contributed by atoms with Crippen LogP contribution in [0.15, 0.2) is 78.4 Å². The van der Waals surface area contributed by atoms with Gasteiger partial charge in [-0.05, 0) is 48.4 Å². The summed E-state index contributed by atoms with van der Waals surface area (Å²) in [5.41, 5.74) is 3.09. The fourth-order valence-corrected chi connectivity index (χ4v) is 4.84. The Hall–Kier alpha value is -4.59. The third-order valence-corrected chi connectivity index (χ3v) is 6.80. The summed E-state index contributed by atoms with van der Waals surface area (Å²) in [5, 5.41) is 11.4. The zero-order valence-corrected chi connectivity index (χ0v) is 21.2. The molecule has 0 bridgehead atoms. The molecular weight excluding hydrogens is 484 g/mol. The number of likely N-dealkylation sites (tertiary alicyclic amines) is 1.